The molecule has 134 valence electrons. The molecule has 0 aliphatic heterocycles. The van der Waals surface area contributed by atoms with Gasteiger partial charge in [0.05, 0.1) is 20.3 Å². The number of ether oxygens (including phenoxy) is 2. The fourth-order valence-electron chi connectivity index (χ4n) is 2.51. The van der Waals surface area contributed by atoms with E-state index in [1.807, 2.05) is 49.4 Å². The molecular weight excluding hydrogens is 340 g/mol. The summed E-state index contributed by atoms with van der Waals surface area (Å²) in [6.07, 6.45) is 0.689. The van der Waals surface area contributed by atoms with Gasteiger partial charge in [0.2, 0.25) is 0 Å². The average molecular weight is 363 g/mol. The van der Waals surface area contributed by atoms with E-state index >= 15 is 0 Å². The van der Waals surface area contributed by atoms with Gasteiger partial charge in [-0.25, -0.2) is 4.79 Å². The second-order valence-corrected chi connectivity index (χ2v) is 5.99. The first-order valence-corrected chi connectivity index (χ1v) is 8.42. The van der Waals surface area contributed by atoms with E-state index in [-0.39, 0.29) is 12.1 Å². The third-order valence-electron chi connectivity index (χ3n) is 3.87. The molecule has 2 aromatic rings. The molecule has 2 rings (SSSR count). The smallest absolute Gasteiger partial charge is 0.315 e. The minimum Gasteiger partial charge on any atom is -0.493 e. The summed E-state index contributed by atoms with van der Waals surface area (Å²) in [5.74, 6) is 1.36. The van der Waals surface area contributed by atoms with Crippen LogP contribution in [0.15, 0.2) is 42.5 Å². The summed E-state index contributed by atoms with van der Waals surface area (Å²) >= 11 is 6.15. The SMILES string of the molecule is COc1ccc(CCNC(=O)N[C@H](C)c2ccccc2Cl)cc1OC. The van der Waals surface area contributed by atoms with Crippen LogP contribution < -0.4 is 20.1 Å². The molecule has 0 bridgehead atoms. The summed E-state index contributed by atoms with van der Waals surface area (Å²) in [6, 6.07) is 12.8. The monoisotopic (exact) mass is 362 g/mol. The fourth-order valence-corrected chi connectivity index (χ4v) is 2.81. The molecule has 0 aliphatic carbocycles. The molecule has 2 aromatic carbocycles. The number of benzene rings is 2. The van der Waals surface area contributed by atoms with Gasteiger partial charge in [-0.1, -0.05) is 35.9 Å². The van der Waals surface area contributed by atoms with Gasteiger partial charge in [0.15, 0.2) is 11.5 Å². The van der Waals surface area contributed by atoms with Crippen LogP contribution in [0.25, 0.3) is 0 Å². The topological polar surface area (TPSA) is 59.6 Å². The van der Waals surface area contributed by atoms with Gasteiger partial charge in [0.1, 0.15) is 0 Å². The molecule has 0 heterocycles. The summed E-state index contributed by atoms with van der Waals surface area (Å²) in [7, 11) is 3.20. The van der Waals surface area contributed by atoms with Gasteiger partial charge in [-0.3, -0.25) is 0 Å². The van der Waals surface area contributed by atoms with Gasteiger partial charge in [-0.2, -0.15) is 0 Å². The molecule has 0 radical (unpaired) electrons. The summed E-state index contributed by atoms with van der Waals surface area (Å²) < 4.78 is 10.5. The Morgan fingerprint density at radius 3 is 2.52 bits per heavy atom. The van der Waals surface area contributed by atoms with E-state index in [1.165, 1.54) is 0 Å². The molecule has 2 N–H and O–H groups in total. The molecule has 25 heavy (non-hydrogen) atoms. The van der Waals surface area contributed by atoms with Crippen molar-refractivity contribution in [3.63, 3.8) is 0 Å². The number of hydrogen-bond acceptors (Lipinski definition) is 3. The number of urea groups is 1. The van der Waals surface area contributed by atoms with Crippen molar-refractivity contribution < 1.29 is 14.3 Å². The first kappa shape index (κ1) is 18.9. The number of rotatable bonds is 7. The first-order valence-electron chi connectivity index (χ1n) is 8.05. The predicted octanol–water partition coefficient (Wildman–Crippen LogP) is 3.96. The van der Waals surface area contributed by atoms with Gasteiger partial charge in [-0.15, -0.1) is 0 Å². The van der Waals surface area contributed by atoms with Crippen molar-refractivity contribution in [1.82, 2.24) is 10.6 Å². The number of carbonyl (C=O) groups is 1. The lowest BCUT2D eigenvalue weighted by Gasteiger charge is -2.16. The van der Waals surface area contributed by atoms with Crippen molar-refractivity contribution in [2.45, 2.75) is 19.4 Å². The fraction of sp³-hybridized carbons (Fsp3) is 0.316. The van der Waals surface area contributed by atoms with Gasteiger partial charge >= 0.3 is 6.03 Å². The van der Waals surface area contributed by atoms with E-state index in [0.29, 0.717) is 29.5 Å². The zero-order valence-corrected chi connectivity index (χ0v) is 15.4. The van der Waals surface area contributed by atoms with Crippen molar-refractivity contribution >= 4 is 17.6 Å². The van der Waals surface area contributed by atoms with Crippen LogP contribution in [0.4, 0.5) is 4.79 Å². The second kappa shape index (κ2) is 9.18. The molecule has 1 atom stereocenters. The Kier molecular flexibility index (Phi) is 6.95. The zero-order chi connectivity index (χ0) is 18.2. The number of nitrogens with one attached hydrogen (secondary N) is 2. The third-order valence-corrected chi connectivity index (χ3v) is 4.21. The largest absolute Gasteiger partial charge is 0.493 e. The summed E-state index contributed by atoms with van der Waals surface area (Å²) in [5, 5.41) is 6.38. The normalized spacial score (nSPS) is 11.5. The average Bonchev–Trinajstić information content (AvgIpc) is 2.61. The maximum absolute atomic E-state index is 12.0. The van der Waals surface area contributed by atoms with Crippen LogP contribution in [0.5, 0.6) is 11.5 Å². The minimum atomic E-state index is -0.229. The standard InChI is InChI=1S/C19H23ClN2O3/c1-13(15-6-4-5-7-16(15)20)22-19(23)21-11-10-14-8-9-17(24-2)18(12-14)25-3/h4-9,12-13H,10-11H2,1-3H3,(H2,21,22,23)/t13-/m1/s1. The van der Waals surface area contributed by atoms with Crippen LogP contribution in [0.2, 0.25) is 5.02 Å². The number of methoxy groups -OCH3 is 2. The summed E-state index contributed by atoms with van der Waals surface area (Å²) in [4.78, 5) is 12.0. The molecule has 2 amide bonds. The molecule has 6 heteroatoms. The number of carbonyl (C=O) groups excluding carboxylic acids is 1. The van der Waals surface area contributed by atoms with Crippen molar-refractivity contribution in [3.05, 3.63) is 58.6 Å². The van der Waals surface area contributed by atoms with Crippen LogP contribution >= 0.6 is 11.6 Å². The van der Waals surface area contributed by atoms with Crippen molar-refractivity contribution in [3.8, 4) is 11.5 Å². The molecule has 0 aromatic heterocycles. The summed E-state index contributed by atoms with van der Waals surface area (Å²) in [6.45, 7) is 2.41. The molecule has 0 saturated heterocycles. The molecule has 0 unspecified atom stereocenters. The Hall–Kier alpha value is -2.40. The van der Waals surface area contributed by atoms with Crippen molar-refractivity contribution in [1.29, 1.82) is 0 Å². The number of halogens is 1. The molecular formula is C19H23ClN2O3. The van der Waals surface area contributed by atoms with Gasteiger partial charge in [0, 0.05) is 11.6 Å². The van der Waals surface area contributed by atoms with E-state index in [9.17, 15) is 4.79 Å². The van der Waals surface area contributed by atoms with E-state index in [1.54, 1.807) is 14.2 Å². The van der Waals surface area contributed by atoms with Crippen LogP contribution in [0, 0.1) is 0 Å². The highest BCUT2D eigenvalue weighted by Crippen LogP contribution is 2.27. The molecule has 0 fully saturated rings. The highest BCUT2D eigenvalue weighted by molar-refractivity contribution is 6.31. The molecule has 0 aliphatic rings. The van der Waals surface area contributed by atoms with Crippen LogP contribution in [0.1, 0.15) is 24.1 Å². The maximum Gasteiger partial charge on any atom is 0.315 e. The molecule has 0 saturated carbocycles. The van der Waals surface area contributed by atoms with Gasteiger partial charge in [-0.05, 0) is 42.7 Å². The lowest BCUT2D eigenvalue weighted by molar-refractivity contribution is 0.238. The van der Waals surface area contributed by atoms with Gasteiger partial charge in [0.25, 0.3) is 0 Å². The Balaban J connectivity index is 1.83. The van der Waals surface area contributed by atoms with E-state index in [4.69, 9.17) is 21.1 Å². The lowest BCUT2D eigenvalue weighted by atomic mass is 10.1. The third kappa shape index (κ3) is 5.29. The predicted molar refractivity (Wildman–Crippen MR) is 99.7 cm³/mol. The Morgan fingerprint density at radius 1 is 1.12 bits per heavy atom. The van der Waals surface area contributed by atoms with Gasteiger partial charge < -0.3 is 20.1 Å². The second-order valence-electron chi connectivity index (χ2n) is 5.58. The van der Waals surface area contributed by atoms with Crippen LogP contribution in [0.3, 0.4) is 0 Å². The summed E-state index contributed by atoms with van der Waals surface area (Å²) in [5.41, 5.74) is 1.94. The van der Waals surface area contributed by atoms with Crippen LogP contribution in [-0.2, 0) is 6.42 Å². The highest BCUT2D eigenvalue weighted by Gasteiger charge is 2.12. The maximum atomic E-state index is 12.0. The van der Waals surface area contributed by atoms with E-state index < -0.39 is 0 Å². The Morgan fingerprint density at radius 2 is 1.84 bits per heavy atom. The van der Waals surface area contributed by atoms with E-state index in [2.05, 4.69) is 10.6 Å². The van der Waals surface area contributed by atoms with Crippen molar-refractivity contribution in [2.75, 3.05) is 20.8 Å². The Bertz CT molecular complexity index is 722. The molecule has 0 spiro atoms. The highest BCUT2D eigenvalue weighted by atomic mass is 35.5. The number of amides is 2. The van der Waals surface area contributed by atoms with E-state index in [0.717, 1.165) is 11.1 Å². The molecule has 5 nitrogen and oxygen atoms in total. The quantitative estimate of drug-likeness (QED) is 0.783. The minimum absolute atomic E-state index is 0.171. The number of hydrogen-bond donors (Lipinski definition) is 2. The van der Waals surface area contributed by atoms with Crippen LogP contribution in [-0.4, -0.2) is 26.8 Å². The zero-order valence-electron chi connectivity index (χ0n) is 14.6. The Labute approximate surface area is 153 Å². The van der Waals surface area contributed by atoms with Crippen molar-refractivity contribution in [2.24, 2.45) is 0 Å². The first-order chi connectivity index (χ1) is 12.0. The lowest BCUT2D eigenvalue weighted by Crippen LogP contribution is -2.38.